The lowest BCUT2D eigenvalue weighted by molar-refractivity contribution is 0.0692. The Hall–Kier alpha value is -1.75. The minimum Gasteiger partial charge on any atom is -0.478 e. The van der Waals surface area contributed by atoms with Gasteiger partial charge in [0.1, 0.15) is 0 Å². The molecule has 0 atom stereocenters. The molecule has 108 valence electrons. The highest BCUT2D eigenvalue weighted by Gasteiger charge is 2.17. The first-order chi connectivity index (χ1) is 9.90. The molecule has 0 aromatic heterocycles. The van der Waals surface area contributed by atoms with Crippen LogP contribution in [0.2, 0.25) is 15.1 Å². The molecule has 0 saturated carbocycles. The highest BCUT2D eigenvalue weighted by Crippen LogP contribution is 2.32. The van der Waals surface area contributed by atoms with Gasteiger partial charge in [0.25, 0.3) is 5.91 Å². The fraction of sp³-hybridized carbons (Fsp3) is 0. The third-order valence-electron chi connectivity index (χ3n) is 2.66. The Labute approximate surface area is 135 Å². The zero-order valence-corrected chi connectivity index (χ0v) is 12.6. The van der Waals surface area contributed by atoms with Crippen LogP contribution in [0.1, 0.15) is 20.7 Å². The van der Waals surface area contributed by atoms with E-state index in [1.807, 2.05) is 0 Å². The largest absolute Gasteiger partial charge is 0.478 e. The normalized spacial score (nSPS) is 10.2. The maximum atomic E-state index is 12.2. The molecule has 0 aliphatic heterocycles. The van der Waals surface area contributed by atoms with Crippen LogP contribution in [0.4, 0.5) is 5.69 Å². The number of aromatic carboxylic acids is 1. The van der Waals surface area contributed by atoms with Crippen molar-refractivity contribution in [2.45, 2.75) is 0 Å². The highest BCUT2D eigenvalue weighted by atomic mass is 35.5. The van der Waals surface area contributed by atoms with Gasteiger partial charge in [-0.05, 0) is 24.3 Å². The number of carboxylic acid groups (broad SMARTS) is 1. The zero-order valence-electron chi connectivity index (χ0n) is 10.4. The fourth-order valence-electron chi connectivity index (χ4n) is 1.68. The molecular weight excluding hydrogens is 337 g/mol. The molecule has 0 fully saturated rings. The van der Waals surface area contributed by atoms with Crippen LogP contribution >= 0.6 is 34.8 Å². The van der Waals surface area contributed by atoms with Gasteiger partial charge in [-0.15, -0.1) is 0 Å². The van der Waals surface area contributed by atoms with E-state index >= 15 is 0 Å². The number of hydrogen-bond donors (Lipinski definition) is 2. The van der Waals surface area contributed by atoms with Crippen molar-refractivity contribution in [1.82, 2.24) is 0 Å². The van der Waals surface area contributed by atoms with Gasteiger partial charge in [-0.2, -0.15) is 0 Å². The van der Waals surface area contributed by atoms with E-state index in [9.17, 15) is 9.59 Å². The van der Waals surface area contributed by atoms with E-state index in [4.69, 9.17) is 39.9 Å². The summed E-state index contributed by atoms with van der Waals surface area (Å²) in [5, 5.41) is 12.3. The molecule has 7 heteroatoms. The van der Waals surface area contributed by atoms with Crippen molar-refractivity contribution in [3.8, 4) is 0 Å². The quantitative estimate of drug-likeness (QED) is 0.800. The molecule has 0 heterocycles. The van der Waals surface area contributed by atoms with Crippen molar-refractivity contribution in [2.24, 2.45) is 0 Å². The Kier molecular flexibility index (Phi) is 4.73. The molecule has 4 nitrogen and oxygen atoms in total. The summed E-state index contributed by atoms with van der Waals surface area (Å²) in [5.41, 5.74) is 0.162. The lowest BCUT2D eigenvalue weighted by atomic mass is 10.1. The maximum absolute atomic E-state index is 12.2. The molecule has 0 aliphatic rings. The van der Waals surface area contributed by atoms with Crippen LogP contribution in [0, 0.1) is 0 Å². The molecule has 0 spiro atoms. The van der Waals surface area contributed by atoms with E-state index in [1.54, 1.807) is 6.07 Å². The summed E-state index contributed by atoms with van der Waals surface area (Å²) in [6.45, 7) is 0. The Morgan fingerprint density at radius 1 is 0.905 bits per heavy atom. The number of hydrogen-bond acceptors (Lipinski definition) is 2. The number of carbonyl (C=O) groups is 2. The number of carbonyl (C=O) groups excluding carboxylic acids is 1. The van der Waals surface area contributed by atoms with Crippen LogP contribution < -0.4 is 5.32 Å². The van der Waals surface area contributed by atoms with E-state index in [2.05, 4.69) is 5.32 Å². The summed E-state index contributed by atoms with van der Waals surface area (Å²) < 4.78 is 0. The SMILES string of the molecule is O=C(O)c1ccccc1C(=O)Nc1cc(Cl)c(Cl)cc1Cl. The third-order valence-corrected chi connectivity index (χ3v) is 3.70. The monoisotopic (exact) mass is 343 g/mol. The maximum Gasteiger partial charge on any atom is 0.336 e. The summed E-state index contributed by atoms with van der Waals surface area (Å²) in [6.07, 6.45) is 0. The number of rotatable bonds is 3. The van der Waals surface area contributed by atoms with Gasteiger partial charge >= 0.3 is 5.97 Å². The molecule has 2 N–H and O–H groups in total. The molecule has 1 amide bonds. The van der Waals surface area contributed by atoms with Gasteiger partial charge in [0.15, 0.2) is 0 Å². The summed E-state index contributed by atoms with van der Waals surface area (Å²) in [7, 11) is 0. The number of nitrogens with one attached hydrogen (secondary N) is 1. The Morgan fingerprint density at radius 3 is 2.10 bits per heavy atom. The number of benzene rings is 2. The van der Waals surface area contributed by atoms with Crippen molar-refractivity contribution in [1.29, 1.82) is 0 Å². The van der Waals surface area contributed by atoms with Gasteiger partial charge in [-0.25, -0.2) is 4.79 Å². The van der Waals surface area contributed by atoms with E-state index in [0.29, 0.717) is 0 Å². The van der Waals surface area contributed by atoms with Crippen LogP contribution in [-0.4, -0.2) is 17.0 Å². The van der Waals surface area contributed by atoms with Crippen molar-refractivity contribution in [3.05, 3.63) is 62.6 Å². The van der Waals surface area contributed by atoms with Crippen molar-refractivity contribution >= 4 is 52.4 Å². The molecular formula is C14H8Cl3NO3. The number of amides is 1. The second-order valence-electron chi connectivity index (χ2n) is 4.05. The van der Waals surface area contributed by atoms with Gasteiger partial charge in [-0.3, -0.25) is 4.79 Å². The minimum absolute atomic E-state index is 0.0205. The van der Waals surface area contributed by atoms with Gasteiger partial charge in [0.2, 0.25) is 0 Å². The standard InChI is InChI=1S/C14H8Cl3NO3/c15-9-5-11(17)12(6-10(9)16)18-13(19)7-3-1-2-4-8(7)14(20)21/h1-6H,(H,18,19)(H,20,21). The molecule has 0 aliphatic carbocycles. The first-order valence-electron chi connectivity index (χ1n) is 5.68. The molecule has 0 saturated heterocycles. The molecule has 2 aromatic carbocycles. The average molecular weight is 345 g/mol. The summed E-state index contributed by atoms with van der Waals surface area (Å²) in [6, 6.07) is 8.64. The van der Waals surface area contributed by atoms with E-state index in [0.717, 1.165) is 0 Å². The molecule has 2 aromatic rings. The van der Waals surface area contributed by atoms with Crippen LogP contribution in [0.3, 0.4) is 0 Å². The molecule has 0 bridgehead atoms. The summed E-state index contributed by atoms with van der Waals surface area (Å²) in [4.78, 5) is 23.3. The molecule has 0 radical (unpaired) electrons. The average Bonchev–Trinajstić information content (AvgIpc) is 2.44. The van der Waals surface area contributed by atoms with Crippen LogP contribution in [-0.2, 0) is 0 Å². The molecule has 2 rings (SSSR count). The Morgan fingerprint density at radius 2 is 1.48 bits per heavy atom. The van der Waals surface area contributed by atoms with Crippen molar-refractivity contribution in [3.63, 3.8) is 0 Å². The van der Waals surface area contributed by atoms with Crippen LogP contribution in [0.15, 0.2) is 36.4 Å². The Bertz CT molecular complexity index is 731. The van der Waals surface area contributed by atoms with Gasteiger partial charge in [-0.1, -0.05) is 46.9 Å². The topological polar surface area (TPSA) is 66.4 Å². The highest BCUT2D eigenvalue weighted by molar-refractivity contribution is 6.44. The van der Waals surface area contributed by atoms with Gasteiger partial charge in [0.05, 0.1) is 31.9 Å². The summed E-state index contributed by atoms with van der Waals surface area (Å²) >= 11 is 17.6. The molecule has 21 heavy (non-hydrogen) atoms. The van der Waals surface area contributed by atoms with E-state index < -0.39 is 11.9 Å². The lowest BCUT2D eigenvalue weighted by Crippen LogP contribution is -2.16. The molecule has 0 unspecified atom stereocenters. The van der Waals surface area contributed by atoms with Crippen molar-refractivity contribution in [2.75, 3.05) is 5.32 Å². The fourth-order valence-corrected chi connectivity index (χ4v) is 2.27. The van der Waals surface area contributed by atoms with Crippen LogP contribution in [0.25, 0.3) is 0 Å². The number of anilines is 1. The second kappa shape index (κ2) is 6.35. The third kappa shape index (κ3) is 3.47. The first kappa shape index (κ1) is 15.6. The van der Waals surface area contributed by atoms with Crippen LogP contribution in [0.5, 0.6) is 0 Å². The predicted octanol–water partition coefficient (Wildman–Crippen LogP) is 4.60. The minimum atomic E-state index is -1.19. The van der Waals surface area contributed by atoms with Crippen molar-refractivity contribution < 1.29 is 14.7 Å². The smallest absolute Gasteiger partial charge is 0.336 e. The number of halogens is 3. The van der Waals surface area contributed by atoms with Gasteiger partial charge in [0, 0.05) is 0 Å². The van der Waals surface area contributed by atoms with E-state index in [1.165, 1.54) is 30.3 Å². The lowest BCUT2D eigenvalue weighted by Gasteiger charge is -2.10. The van der Waals surface area contributed by atoms with E-state index in [-0.39, 0.29) is 31.9 Å². The zero-order chi connectivity index (χ0) is 15.6. The second-order valence-corrected chi connectivity index (χ2v) is 5.27. The Balaban J connectivity index is 2.35. The number of carboxylic acids is 1. The predicted molar refractivity (Wildman–Crippen MR) is 82.8 cm³/mol. The first-order valence-corrected chi connectivity index (χ1v) is 6.81. The summed E-state index contributed by atoms with van der Waals surface area (Å²) in [5.74, 6) is -1.80. The van der Waals surface area contributed by atoms with Gasteiger partial charge < -0.3 is 10.4 Å².